The van der Waals surface area contributed by atoms with Crippen LogP contribution < -0.4 is 4.90 Å². The molecule has 1 aromatic carbocycles. The number of hydrogen-bond donors (Lipinski definition) is 0. The first-order chi connectivity index (χ1) is 10.8. The van der Waals surface area contributed by atoms with Gasteiger partial charge in [-0.1, -0.05) is 30.0 Å². The van der Waals surface area contributed by atoms with E-state index in [0.29, 0.717) is 6.04 Å². The highest BCUT2D eigenvalue weighted by Gasteiger charge is 2.23. The summed E-state index contributed by atoms with van der Waals surface area (Å²) in [6, 6.07) is 10.8. The van der Waals surface area contributed by atoms with Gasteiger partial charge >= 0.3 is 0 Å². The molecule has 0 aliphatic carbocycles. The predicted octanol–water partition coefficient (Wildman–Crippen LogP) is 3.10. The first kappa shape index (κ1) is 15.1. The van der Waals surface area contributed by atoms with E-state index >= 15 is 0 Å². The second kappa shape index (κ2) is 7.44. The molecular weight excluding hydrogens is 290 g/mol. The maximum atomic E-state index is 4.40. The van der Waals surface area contributed by atoms with Crippen LogP contribution in [0.25, 0.3) is 0 Å². The Labute approximate surface area is 136 Å². The highest BCUT2D eigenvalue weighted by atomic mass is 32.1. The largest absolute Gasteiger partial charge is 0.348 e. The molecule has 1 aromatic heterocycles. The number of hydrogen-bond acceptors (Lipinski definition) is 4. The molecule has 0 bridgehead atoms. The van der Waals surface area contributed by atoms with Crippen LogP contribution in [0.1, 0.15) is 18.4 Å². The van der Waals surface area contributed by atoms with Crippen molar-refractivity contribution in [2.75, 3.05) is 31.6 Å². The van der Waals surface area contributed by atoms with Crippen LogP contribution in [0.2, 0.25) is 0 Å². The van der Waals surface area contributed by atoms with Crippen LogP contribution in [0, 0.1) is 11.8 Å². The smallest absolute Gasteiger partial charge is 0.185 e. The lowest BCUT2D eigenvalue weighted by atomic mass is 10.0. The average molecular weight is 311 g/mol. The van der Waals surface area contributed by atoms with Crippen molar-refractivity contribution in [1.29, 1.82) is 0 Å². The quantitative estimate of drug-likeness (QED) is 0.812. The number of rotatable bonds is 3. The SMILES string of the molecule is CN(c1nccs1)C1CCN(CC#Cc2ccccc2)CC1. The standard InChI is InChI=1S/C18H21N3S/c1-20(18-19-11-15-22-18)17-9-13-21(14-10-17)12-5-8-16-6-3-2-4-7-16/h2-4,6-7,11,15,17H,9-10,12-14H2,1H3. The van der Waals surface area contributed by atoms with E-state index in [1.54, 1.807) is 11.3 Å². The molecule has 22 heavy (non-hydrogen) atoms. The third-order valence-electron chi connectivity index (χ3n) is 4.14. The highest BCUT2D eigenvalue weighted by molar-refractivity contribution is 7.13. The van der Waals surface area contributed by atoms with Gasteiger partial charge in [-0.25, -0.2) is 4.98 Å². The van der Waals surface area contributed by atoms with Gasteiger partial charge in [0, 0.05) is 43.3 Å². The van der Waals surface area contributed by atoms with E-state index in [1.165, 1.54) is 12.8 Å². The molecular formula is C18H21N3S. The van der Waals surface area contributed by atoms with Crippen molar-refractivity contribution in [3.63, 3.8) is 0 Å². The minimum absolute atomic E-state index is 0.601. The van der Waals surface area contributed by atoms with Crippen LogP contribution >= 0.6 is 11.3 Å². The van der Waals surface area contributed by atoms with E-state index in [1.807, 2.05) is 29.8 Å². The molecule has 1 aliphatic heterocycles. The van der Waals surface area contributed by atoms with Gasteiger partial charge in [0.25, 0.3) is 0 Å². The summed E-state index contributed by atoms with van der Waals surface area (Å²) < 4.78 is 0. The minimum atomic E-state index is 0.601. The lowest BCUT2D eigenvalue weighted by Crippen LogP contribution is -2.43. The lowest BCUT2D eigenvalue weighted by Gasteiger charge is -2.35. The molecule has 1 saturated heterocycles. The topological polar surface area (TPSA) is 19.4 Å². The van der Waals surface area contributed by atoms with Crippen LogP contribution in [-0.4, -0.2) is 42.6 Å². The van der Waals surface area contributed by atoms with Crippen molar-refractivity contribution in [2.24, 2.45) is 0 Å². The molecule has 0 spiro atoms. The van der Waals surface area contributed by atoms with E-state index in [0.717, 1.165) is 30.3 Å². The molecule has 0 atom stereocenters. The fraction of sp³-hybridized carbons (Fsp3) is 0.389. The Hall–Kier alpha value is -1.83. The number of thiazole rings is 1. The molecule has 2 heterocycles. The van der Waals surface area contributed by atoms with Crippen molar-refractivity contribution in [2.45, 2.75) is 18.9 Å². The molecule has 0 saturated carbocycles. The van der Waals surface area contributed by atoms with Crippen LogP contribution in [0.4, 0.5) is 5.13 Å². The first-order valence-electron chi connectivity index (χ1n) is 7.71. The van der Waals surface area contributed by atoms with Crippen molar-refractivity contribution in [1.82, 2.24) is 9.88 Å². The molecule has 0 radical (unpaired) electrons. The molecule has 4 heteroatoms. The van der Waals surface area contributed by atoms with Gasteiger partial charge in [0.05, 0.1) is 6.54 Å². The molecule has 3 nitrogen and oxygen atoms in total. The summed E-state index contributed by atoms with van der Waals surface area (Å²) in [5.74, 6) is 6.53. The molecule has 3 rings (SSSR count). The number of anilines is 1. The number of aromatic nitrogens is 1. The highest BCUT2D eigenvalue weighted by Crippen LogP contribution is 2.23. The van der Waals surface area contributed by atoms with Gasteiger partial charge in [0.2, 0.25) is 0 Å². The van der Waals surface area contributed by atoms with Gasteiger partial charge in [0.15, 0.2) is 5.13 Å². The predicted molar refractivity (Wildman–Crippen MR) is 93.3 cm³/mol. The monoisotopic (exact) mass is 311 g/mol. The Morgan fingerprint density at radius 1 is 1.27 bits per heavy atom. The molecule has 0 N–H and O–H groups in total. The first-order valence-corrected chi connectivity index (χ1v) is 8.59. The zero-order valence-electron chi connectivity index (χ0n) is 12.9. The summed E-state index contributed by atoms with van der Waals surface area (Å²) in [5, 5.41) is 3.17. The summed E-state index contributed by atoms with van der Waals surface area (Å²) in [6.07, 6.45) is 4.25. The van der Waals surface area contributed by atoms with Crippen molar-refractivity contribution in [3.05, 3.63) is 47.5 Å². The van der Waals surface area contributed by atoms with Gasteiger partial charge in [-0.2, -0.15) is 0 Å². The maximum Gasteiger partial charge on any atom is 0.185 e. The van der Waals surface area contributed by atoms with Gasteiger partial charge in [-0.3, -0.25) is 4.90 Å². The zero-order valence-corrected chi connectivity index (χ0v) is 13.7. The Bertz CT molecular complexity index is 619. The van der Waals surface area contributed by atoms with E-state index in [2.05, 4.69) is 45.8 Å². The summed E-state index contributed by atoms with van der Waals surface area (Å²) in [4.78, 5) is 9.18. The van der Waals surface area contributed by atoms with Gasteiger partial charge in [0.1, 0.15) is 0 Å². The van der Waals surface area contributed by atoms with Crippen LogP contribution in [0.5, 0.6) is 0 Å². The van der Waals surface area contributed by atoms with Crippen LogP contribution in [-0.2, 0) is 0 Å². The van der Waals surface area contributed by atoms with E-state index < -0.39 is 0 Å². The second-order valence-corrected chi connectivity index (χ2v) is 6.47. The number of nitrogens with zero attached hydrogens (tertiary/aromatic N) is 3. The zero-order chi connectivity index (χ0) is 15.2. The summed E-state index contributed by atoms with van der Waals surface area (Å²) in [6.45, 7) is 3.09. The normalized spacial score (nSPS) is 16.0. The van der Waals surface area contributed by atoms with Crippen molar-refractivity contribution < 1.29 is 0 Å². The van der Waals surface area contributed by atoms with Crippen molar-refractivity contribution >= 4 is 16.5 Å². The van der Waals surface area contributed by atoms with Gasteiger partial charge in [-0.05, 0) is 25.0 Å². The Kier molecular flexibility index (Phi) is 5.10. The lowest BCUT2D eigenvalue weighted by molar-refractivity contribution is 0.234. The third-order valence-corrected chi connectivity index (χ3v) is 5.00. The van der Waals surface area contributed by atoms with E-state index in [-0.39, 0.29) is 0 Å². The van der Waals surface area contributed by atoms with E-state index in [4.69, 9.17) is 0 Å². The number of benzene rings is 1. The summed E-state index contributed by atoms with van der Waals surface area (Å²) in [5.41, 5.74) is 1.10. The minimum Gasteiger partial charge on any atom is -0.348 e. The molecule has 0 amide bonds. The van der Waals surface area contributed by atoms with Gasteiger partial charge < -0.3 is 4.90 Å². The Morgan fingerprint density at radius 2 is 2.05 bits per heavy atom. The van der Waals surface area contributed by atoms with Gasteiger partial charge in [-0.15, -0.1) is 11.3 Å². The Morgan fingerprint density at radius 3 is 2.73 bits per heavy atom. The molecule has 1 fully saturated rings. The van der Waals surface area contributed by atoms with Crippen molar-refractivity contribution in [3.8, 4) is 11.8 Å². The third kappa shape index (κ3) is 3.88. The second-order valence-electron chi connectivity index (χ2n) is 5.60. The summed E-state index contributed by atoms with van der Waals surface area (Å²) in [7, 11) is 2.16. The molecule has 2 aromatic rings. The summed E-state index contributed by atoms with van der Waals surface area (Å²) >= 11 is 1.72. The van der Waals surface area contributed by atoms with E-state index in [9.17, 15) is 0 Å². The Balaban J connectivity index is 1.47. The number of likely N-dealkylation sites (tertiary alicyclic amines) is 1. The maximum absolute atomic E-state index is 4.40. The molecule has 1 aliphatic rings. The number of piperidine rings is 1. The molecule has 0 unspecified atom stereocenters. The van der Waals surface area contributed by atoms with Crippen LogP contribution in [0.3, 0.4) is 0 Å². The molecule has 114 valence electrons. The van der Waals surface area contributed by atoms with Crippen LogP contribution in [0.15, 0.2) is 41.9 Å². The fourth-order valence-electron chi connectivity index (χ4n) is 2.79. The fourth-order valence-corrected chi connectivity index (χ4v) is 3.47. The average Bonchev–Trinajstić information content (AvgIpc) is 3.10.